The van der Waals surface area contributed by atoms with E-state index in [0.29, 0.717) is 11.8 Å². The van der Waals surface area contributed by atoms with Gasteiger partial charge in [0.15, 0.2) is 0 Å². The van der Waals surface area contributed by atoms with Crippen LogP contribution in [-0.2, 0) is 9.59 Å². The number of hydrogen-bond donors (Lipinski definition) is 4. The highest BCUT2D eigenvalue weighted by Gasteiger charge is 2.41. The number of rotatable bonds is 9. The number of nitrogens with one attached hydrogen (secondary N) is 2. The molecule has 2 saturated heterocycles. The minimum Gasteiger partial charge on any atom is -0.340 e. The molecule has 238 valence electrons. The number of nitrogens with two attached hydrogens (primary N) is 2. The van der Waals surface area contributed by atoms with Crippen molar-refractivity contribution in [1.82, 2.24) is 29.7 Å². The van der Waals surface area contributed by atoms with Crippen molar-refractivity contribution in [2.75, 3.05) is 13.1 Å². The van der Waals surface area contributed by atoms with Gasteiger partial charge in [-0.1, -0.05) is 48.5 Å². The molecule has 8 rings (SSSR count). The average Bonchev–Trinajstić information content (AvgIpc) is 3.83. The van der Waals surface area contributed by atoms with Crippen LogP contribution in [0.1, 0.15) is 75.1 Å². The fraction of sp³-hybridized carbons (Fsp3) is 0.444. The third-order valence-electron chi connectivity index (χ3n) is 10.4. The molecule has 10 heteroatoms. The molecular weight excluding hydrogens is 576 g/mol. The molecule has 2 aliphatic carbocycles. The monoisotopic (exact) mass is 618 g/mol. The number of aromatic nitrogens is 4. The second kappa shape index (κ2) is 11.8. The zero-order valence-corrected chi connectivity index (χ0v) is 26.1. The van der Waals surface area contributed by atoms with E-state index >= 15 is 0 Å². The van der Waals surface area contributed by atoms with Crippen molar-refractivity contribution in [2.45, 2.75) is 75.5 Å². The van der Waals surface area contributed by atoms with Gasteiger partial charge in [0.25, 0.3) is 0 Å². The van der Waals surface area contributed by atoms with E-state index in [-0.39, 0.29) is 36.0 Å². The minimum atomic E-state index is -0.385. The molecule has 2 aliphatic heterocycles. The van der Waals surface area contributed by atoms with Crippen LogP contribution >= 0.6 is 0 Å². The van der Waals surface area contributed by atoms with Gasteiger partial charge in [-0.2, -0.15) is 0 Å². The number of likely N-dealkylation sites (tertiary alicyclic amines) is 2. The van der Waals surface area contributed by atoms with Crippen LogP contribution in [-0.4, -0.2) is 66.7 Å². The first kappa shape index (κ1) is 29.1. The first-order valence-corrected chi connectivity index (χ1v) is 16.9. The number of amides is 2. The molecule has 6 N–H and O–H groups in total. The van der Waals surface area contributed by atoms with Crippen molar-refractivity contribution in [3.05, 3.63) is 72.6 Å². The molecule has 46 heavy (non-hydrogen) atoms. The van der Waals surface area contributed by atoms with Gasteiger partial charge in [0.05, 0.1) is 47.9 Å². The summed E-state index contributed by atoms with van der Waals surface area (Å²) in [6, 6.07) is 16.0. The Morgan fingerprint density at radius 2 is 0.978 bits per heavy atom. The van der Waals surface area contributed by atoms with Crippen LogP contribution in [0, 0.1) is 11.8 Å². The van der Waals surface area contributed by atoms with Crippen molar-refractivity contribution < 1.29 is 9.59 Å². The highest BCUT2D eigenvalue weighted by atomic mass is 16.2. The van der Waals surface area contributed by atoms with Gasteiger partial charge < -0.3 is 31.2 Å². The fourth-order valence-corrected chi connectivity index (χ4v) is 7.32. The van der Waals surface area contributed by atoms with Gasteiger partial charge in [-0.05, 0) is 85.5 Å². The molecule has 4 aliphatic rings. The van der Waals surface area contributed by atoms with E-state index in [1.54, 1.807) is 0 Å². The lowest BCUT2D eigenvalue weighted by atomic mass is 10.0. The number of hydrogen-bond acceptors (Lipinski definition) is 6. The predicted molar refractivity (Wildman–Crippen MR) is 176 cm³/mol. The molecule has 4 aromatic rings. The molecule has 2 saturated carbocycles. The molecule has 2 aromatic carbocycles. The van der Waals surface area contributed by atoms with Crippen LogP contribution in [0.4, 0.5) is 0 Å². The van der Waals surface area contributed by atoms with Gasteiger partial charge in [0.1, 0.15) is 11.6 Å². The van der Waals surface area contributed by atoms with Crippen molar-refractivity contribution in [3.8, 4) is 33.6 Å². The quantitative estimate of drug-likeness (QED) is 0.209. The molecule has 4 fully saturated rings. The maximum Gasteiger partial charge on any atom is 0.240 e. The Hall–Kier alpha value is -4.28. The third kappa shape index (κ3) is 5.54. The number of aromatic amines is 2. The number of nitrogens with zero attached hydrogens (tertiary/aromatic N) is 4. The summed E-state index contributed by atoms with van der Waals surface area (Å²) >= 11 is 0. The summed E-state index contributed by atoms with van der Waals surface area (Å²) in [5, 5.41) is 0. The first-order chi connectivity index (χ1) is 22.4. The molecule has 2 amide bonds. The summed E-state index contributed by atoms with van der Waals surface area (Å²) in [6.45, 7) is 1.48. The maximum absolute atomic E-state index is 13.0. The number of imidazole rings is 2. The summed E-state index contributed by atoms with van der Waals surface area (Å²) in [6.07, 6.45) is 11.7. The Balaban J connectivity index is 0.927. The molecule has 4 atom stereocenters. The lowest BCUT2D eigenvalue weighted by Crippen LogP contribution is -2.44. The SMILES string of the molecule is NC(C(=O)N1CCC[C@H]1c1ncc(-c2ccc(-c3ccc(-c4cnc([C@@H]5CCCN5C(=O)[C@@H](N)C5CC5)[nH]4)cc3)cc2)[nH]1)C1CC1. The van der Waals surface area contributed by atoms with Crippen LogP contribution in [0.25, 0.3) is 33.6 Å². The highest BCUT2D eigenvalue weighted by Crippen LogP contribution is 2.38. The summed E-state index contributed by atoms with van der Waals surface area (Å²) in [4.78, 5) is 46.2. The standard InChI is InChI=1S/C36H42N8O2/c37-31(25-13-14-25)35(45)43-17-1-3-29(43)33-39-19-27(41-33)23-9-5-21(6-10-23)22-7-11-24(12-8-22)28-20-40-34(42-28)30-4-2-18-44(30)36(46)32(38)26-15-16-26/h5-12,19-20,25-26,29-32H,1-4,13-18,37-38H2,(H,39,41)(H,40,42)/t29-,30-,31-,32?/m0/s1. The van der Waals surface area contributed by atoms with Crippen molar-refractivity contribution in [1.29, 1.82) is 0 Å². The minimum absolute atomic E-state index is 0.0417. The van der Waals surface area contributed by atoms with E-state index < -0.39 is 0 Å². The fourth-order valence-electron chi connectivity index (χ4n) is 7.32. The summed E-state index contributed by atoms with van der Waals surface area (Å²) in [5.41, 5.74) is 18.7. The normalized spacial score (nSPS) is 22.7. The Bertz CT molecular complexity index is 1590. The van der Waals surface area contributed by atoms with Gasteiger partial charge in [-0.25, -0.2) is 9.97 Å². The van der Waals surface area contributed by atoms with E-state index in [1.165, 1.54) is 0 Å². The van der Waals surface area contributed by atoms with Crippen molar-refractivity contribution in [3.63, 3.8) is 0 Å². The van der Waals surface area contributed by atoms with Gasteiger partial charge in [0, 0.05) is 13.1 Å². The molecular formula is C36H42N8O2. The van der Waals surface area contributed by atoms with E-state index in [9.17, 15) is 9.59 Å². The molecule has 0 bridgehead atoms. The Kier molecular flexibility index (Phi) is 7.49. The van der Waals surface area contributed by atoms with E-state index in [4.69, 9.17) is 11.5 Å². The predicted octanol–water partition coefficient (Wildman–Crippen LogP) is 4.94. The molecule has 10 nitrogen and oxygen atoms in total. The van der Waals surface area contributed by atoms with Crippen LogP contribution in [0.5, 0.6) is 0 Å². The Morgan fingerprint density at radius 1 is 0.609 bits per heavy atom. The van der Waals surface area contributed by atoms with E-state index in [0.717, 1.165) is 110 Å². The first-order valence-electron chi connectivity index (χ1n) is 16.9. The lowest BCUT2D eigenvalue weighted by Gasteiger charge is -2.26. The largest absolute Gasteiger partial charge is 0.340 e. The molecule has 1 unspecified atom stereocenters. The number of carbonyl (C=O) groups excluding carboxylic acids is 2. The maximum atomic E-state index is 13.0. The topological polar surface area (TPSA) is 150 Å². The average molecular weight is 619 g/mol. The molecule has 4 heterocycles. The van der Waals surface area contributed by atoms with Crippen LogP contribution in [0.2, 0.25) is 0 Å². The molecule has 0 spiro atoms. The van der Waals surface area contributed by atoms with E-state index in [1.807, 2.05) is 22.2 Å². The summed E-state index contributed by atoms with van der Waals surface area (Å²) in [5.74, 6) is 2.48. The van der Waals surface area contributed by atoms with Gasteiger partial charge in [0.2, 0.25) is 11.8 Å². The van der Waals surface area contributed by atoms with Crippen LogP contribution in [0.15, 0.2) is 60.9 Å². The van der Waals surface area contributed by atoms with Crippen molar-refractivity contribution in [2.24, 2.45) is 23.3 Å². The van der Waals surface area contributed by atoms with Gasteiger partial charge in [-0.15, -0.1) is 0 Å². The zero-order chi connectivity index (χ0) is 31.4. The second-order valence-corrected chi connectivity index (χ2v) is 13.6. The zero-order valence-electron chi connectivity index (χ0n) is 26.1. The van der Waals surface area contributed by atoms with Gasteiger partial charge in [-0.3, -0.25) is 9.59 Å². The number of benzene rings is 2. The third-order valence-corrected chi connectivity index (χ3v) is 10.4. The van der Waals surface area contributed by atoms with Crippen LogP contribution < -0.4 is 11.5 Å². The lowest BCUT2D eigenvalue weighted by molar-refractivity contribution is -0.134. The Labute approximate surface area is 269 Å². The molecule has 0 radical (unpaired) electrons. The van der Waals surface area contributed by atoms with E-state index in [2.05, 4.69) is 68.5 Å². The number of H-pyrrole nitrogens is 2. The molecule has 2 aromatic heterocycles. The van der Waals surface area contributed by atoms with Gasteiger partial charge >= 0.3 is 0 Å². The highest BCUT2D eigenvalue weighted by molar-refractivity contribution is 5.83. The second-order valence-electron chi connectivity index (χ2n) is 13.6. The van der Waals surface area contributed by atoms with Crippen LogP contribution in [0.3, 0.4) is 0 Å². The number of carbonyl (C=O) groups is 2. The Morgan fingerprint density at radius 3 is 1.35 bits per heavy atom. The smallest absolute Gasteiger partial charge is 0.240 e. The summed E-state index contributed by atoms with van der Waals surface area (Å²) < 4.78 is 0. The summed E-state index contributed by atoms with van der Waals surface area (Å²) in [7, 11) is 0. The van der Waals surface area contributed by atoms with Crippen molar-refractivity contribution >= 4 is 11.8 Å².